The molecule has 0 unspecified atom stereocenters. The SMILES string of the molecule is Nc1cc(Br)ccc1C(=O)N1CCN(C2CCC2)CC1. The predicted molar refractivity (Wildman–Crippen MR) is 83.7 cm³/mol. The number of nitrogens with zero attached hydrogens (tertiary/aromatic N) is 2. The van der Waals surface area contributed by atoms with E-state index in [1.807, 2.05) is 11.0 Å². The van der Waals surface area contributed by atoms with E-state index in [1.54, 1.807) is 12.1 Å². The summed E-state index contributed by atoms with van der Waals surface area (Å²) in [7, 11) is 0. The number of nitrogens with two attached hydrogens (primary N) is 1. The van der Waals surface area contributed by atoms with Crippen LogP contribution in [0.2, 0.25) is 0 Å². The molecule has 20 heavy (non-hydrogen) atoms. The normalized spacial score (nSPS) is 20.8. The molecule has 0 spiro atoms. The molecule has 1 aliphatic carbocycles. The van der Waals surface area contributed by atoms with E-state index >= 15 is 0 Å². The van der Waals surface area contributed by atoms with E-state index in [9.17, 15) is 4.79 Å². The van der Waals surface area contributed by atoms with E-state index in [4.69, 9.17) is 5.73 Å². The Hall–Kier alpha value is -1.07. The summed E-state index contributed by atoms with van der Waals surface area (Å²) >= 11 is 3.37. The summed E-state index contributed by atoms with van der Waals surface area (Å²) in [6.45, 7) is 3.61. The number of benzene rings is 1. The highest BCUT2D eigenvalue weighted by atomic mass is 79.9. The fourth-order valence-corrected chi connectivity index (χ4v) is 3.32. The number of piperazine rings is 1. The van der Waals surface area contributed by atoms with Gasteiger partial charge in [0.05, 0.1) is 5.56 Å². The molecule has 4 nitrogen and oxygen atoms in total. The Balaban J connectivity index is 1.63. The molecule has 1 saturated carbocycles. The van der Waals surface area contributed by atoms with Gasteiger partial charge >= 0.3 is 0 Å². The minimum absolute atomic E-state index is 0.0586. The summed E-state index contributed by atoms with van der Waals surface area (Å²) < 4.78 is 0.904. The van der Waals surface area contributed by atoms with Gasteiger partial charge in [0.1, 0.15) is 0 Å². The van der Waals surface area contributed by atoms with Crippen LogP contribution in [0.5, 0.6) is 0 Å². The molecule has 0 aromatic heterocycles. The van der Waals surface area contributed by atoms with Crippen molar-refractivity contribution in [1.29, 1.82) is 0 Å². The van der Waals surface area contributed by atoms with E-state index in [-0.39, 0.29) is 5.91 Å². The second-order valence-corrected chi connectivity index (χ2v) is 6.56. The average molecular weight is 338 g/mol. The molecular weight excluding hydrogens is 318 g/mol. The largest absolute Gasteiger partial charge is 0.398 e. The second kappa shape index (κ2) is 5.74. The van der Waals surface area contributed by atoms with Gasteiger partial charge in [0.2, 0.25) is 0 Å². The van der Waals surface area contributed by atoms with Crippen LogP contribution in [0.15, 0.2) is 22.7 Å². The first-order chi connectivity index (χ1) is 9.65. The number of carbonyl (C=O) groups is 1. The fourth-order valence-electron chi connectivity index (χ4n) is 2.94. The highest BCUT2D eigenvalue weighted by Crippen LogP contribution is 2.26. The molecule has 1 heterocycles. The van der Waals surface area contributed by atoms with Crippen molar-refractivity contribution in [3.8, 4) is 0 Å². The summed E-state index contributed by atoms with van der Waals surface area (Å²) in [5, 5.41) is 0. The van der Waals surface area contributed by atoms with Crippen molar-refractivity contribution in [2.45, 2.75) is 25.3 Å². The molecule has 0 atom stereocenters. The number of rotatable bonds is 2. The van der Waals surface area contributed by atoms with Gasteiger partial charge in [0.25, 0.3) is 5.91 Å². The number of amides is 1. The van der Waals surface area contributed by atoms with Gasteiger partial charge in [0.15, 0.2) is 0 Å². The molecule has 0 bridgehead atoms. The molecule has 2 N–H and O–H groups in total. The average Bonchev–Trinajstić information content (AvgIpc) is 2.37. The minimum Gasteiger partial charge on any atom is -0.398 e. The van der Waals surface area contributed by atoms with Crippen molar-refractivity contribution < 1.29 is 4.79 Å². The molecule has 1 saturated heterocycles. The van der Waals surface area contributed by atoms with Crippen molar-refractivity contribution in [3.63, 3.8) is 0 Å². The maximum atomic E-state index is 12.5. The molecule has 5 heteroatoms. The van der Waals surface area contributed by atoms with E-state index in [2.05, 4.69) is 20.8 Å². The van der Waals surface area contributed by atoms with Gasteiger partial charge in [-0.25, -0.2) is 0 Å². The smallest absolute Gasteiger partial charge is 0.256 e. The van der Waals surface area contributed by atoms with Crippen molar-refractivity contribution in [2.24, 2.45) is 0 Å². The minimum atomic E-state index is 0.0586. The van der Waals surface area contributed by atoms with Gasteiger partial charge in [-0.3, -0.25) is 9.69 Å². The zero-order valence-electron chi connectivity index (χ0n) is 11.5. The lowest BCUT2D eigenvalue weighted by atomic mass is 9.91. The van der Waals surface area contributed by atoms with Gasteiger partial charge in [-0.1, -0.05) is 22.4 Å². The van der Waals surface area contributed by atoms with Crippen LogP contribution in [0.1, 0.15) is 29.6 Å². The second-order valence-electron chi connectivity index (χ2n) is 5.64. The molecule has 0 radical (unpaired) electrons. The molecule has 1 aliphatic heterocycles. The first kappa shape index (κ1) is 13.9. The zero-order valence-corrected chi connectivity index (χ0v) is 13.1. The lowest BCUT2D eigenvalue weighted by Crippen LogP contribution is -2.53. The molecule has 108 valence electrons. The summed E-state index contributed by atoms with van der Waals surface area (Å²) in [6.07, 6.45) is 4.01. The van der Waals surface area contributed by atoms with Crippen LogP contribution in [0, 0.1) is 0 Å². The highest BCUT2D eigenvalue weighted by molar-refractivity contribution is 9.10. The number of hydrogen-bond acceptors (Lipinski definition) is 3. The van der Waals surface area contributed by atoms with Crippen LogP contribution < -0.4 is 5.73 Å². The summed E-state index contributed by atoms with van der Waals surface area (Å²) in [4.78, 5) is 17.0. The maximum Gasteiger partial charge on any atom is 0.256 e. The Bertz CT molecular complexity index is 508. The van der Waals surface area contributed by atoms with Gasteiger partial charge in [-0.2, -0.15) is 0 Å². The molecule has 1 aromatic rings. The molecule has 1 aromatic carbocycles. The predicted octanol–water partition coefficient (Wildman–Crippen LogP) is 2.34. The van der Waals surface area contributed by atoms with Crippen molar-refractivity contribution >= 4 is 27.5 Å². The van der Waals surface area contributed by atoms with Crippen molar-refractivity contribution in [2.75, 3.05) is 31.9 Å². The Kier molecular flexibility index (Phi) is 3.98. The fraction of sp³-hybridized carbons (Fsp3) is 0.533. The number of halogens is 1. The molecule has 2 fully saturated rings. The standard InChI is InChI=1S/C15H20BrN3O/c16-11-4-5-13(14(17)10-11)15(20)19-8-6-18(7-9-19)12-2-1-3-12/h4-5,10,12H,1-3,6-9,17H2. The van der Waals surface area contributed by atoms with E-state index < -0.39 is 0 Å². The highest BCUT2D eigenvalue weighted by Gasteiger charge is 2.29. The number of hydrogen-bond donors (Lipinski definition) is 1. The summed E-state index contributed by atoms with van der Waals surface area (Å²) in [6, 6.07) is 6.23. The maximum absolute atomic E-state index is 12.5. The zero-order chi connectivity index (χ0) is 14.1. The molecule has 1 amide bonds. The van der Waals surface area contributed by atoms with Gasteiger partial charge in [-0.15, -0.1) is 0 Å². The quantitative estimate of drug-likeness (QED) is 0.842. The van der Waals surface area contributed by atoms with Crippen molar-refractivity contribution in [3.05, 3.63) is 28.2 Å². The lowest BCUT2D eigenvalue weighted by Gasteiger charge is -2.43. The van der Waals surface area contributed by atoms with Gasteiger partial charge in [-0.05, 0) is 31.0 Å². The summed E-state index contributed by atoms with van der Waals surface area (Å²) in [5.74, 6) is 0.0586. The third kappa shape index (κ3) is 2.69. The monoisotopic (exact) mass is 337 g/mol. The van der Waals surface area contributed by atoms with Gasteiger partial charge < -0.3 is 10.6 Å². The molecular formula is C15H20BrN3O. The Morgan fingerprint density at radius 3 is 2.45 bits per heavy atom. The van der Waals surface area contributed by atoms with Crippen LogP contribution in [0.3, 0.4) is 0 Å². The van der Waals surface area contributed by atoms with E-state index in [1.165, 1.54) is 19.3 Å². The topological polar surface area (TPSA) is 49.6 Å². The number of nitrogen functional groups attached to an aromatic ring is 1. The Morgan fingerprint density at radius 1 is 1.20 bits per heavy atom. The summed E-state index contributed by atoms with van der Waals surface area (Å²) in [5.41, 5.74) is 7.11. The Labute approximate surface area is 128 Å². The van der Waals surface area contributed by atoms with E-state index in [0.29, 0.717) is 11.3 Å². The van der Waals surface area contributed by atoms with Crippen molar-refractivity contribution in [1.82, 2.24) is 9.80 Å². The third-order valence-electron chi connectivity index (χ3n) is 4.44. The first-order valence-electron chi connectivity index (χ1n) is 7.23. The van der Waals surface area contributed by atoms with Crippen LogP contribution >= 0.6 is 15.9 Å². The lowest BCUT2D eigenvalue weighted by molar-refractivity contribution is 0.0456. The van der Waals surface area contributed by atoms with E-state index in [0.717, 1.165) is 36.7 Å². The number of anilines is 1. The van der Waals surface area contributed by atoms with Crippen LogP contribution in [-0.2, 0) is 0 Å². The van der Waals surface area contributed by atoms with Crippen LogP contribution in [0.4, 0.5) is 5.69 Å². The first-order valence-corrected chi connectivity index (χ1v) is 8.03. The van der Waals surface area contributed by atoms with Crippen LogP contribution in [-0.4, -0.2) is 47.9 Å². The third-order valence-corrected chi connectivity index (χ3v) is 4.93. The molecule has 3 rings (SSSR count). The number of carbonyl (C=O) groups excluding carboxylic acids is 1. The van der Waals surface area contributed by atoms with Gasteiger partial charge in [0, 0.05) is 42.4 Å². The van der Waals surface area contributed by atoms with Crippen LogP contribution in [0.25, 0.3) is 0 Å². The molecule has 2 aliphatic rings. The Morgan fingerprint density at radius 2 is 1.90 bits per heavy atom.